The first-order chi connectivity index (χ1) is 11.1. The molecule has 0 fully saturated rings. The van der Waals surface area contributed by atoms with Gasteiger partial charge in [0.2, 0.25) is 0 Å². The Kier molecular flexibility index (Phi) is 4.59. The molecular weight excluding hydrogens is 314 g/mol. The van der Waals surface area contributed by atoms with Crippen LogP contribution in [0.1, 0.15) is 16.0 Å². The van der Waals surface area contributed by atoms with Gasteiger partial charge in [0.1, 0.15) is 0 Å². The third-order valence-corrected chi connectivity index (χ3v) is 4.68. The van der Waals surface area contributed by atoms with Gasteiger partial charge in [0.05, 0.1) is 12.8 Å². The van der Waals surface area contributed by atoms with Gasteiger partial charge in [0.15, 0.2) is 11.5 Å². The first-order valence-corrected chi connectivity index (χ1v) is 8.11. The van der Waals surface area contributed by atoms with E-state index in [1.54, 1.807) is 17.4 Å². The SMILES string of the molecule is O=C(CN1CCc2sccc2C1)N/N=C/c1ccc(O)c(O)c1. The summed E-state index contributed by atoms with van der Waals surface area (Å²) in [5, 5.41) is 24.6. The van der Waals surface area contributed by atoms with Crippen LogP contribution in [0.25, 0.3) is 0 Å². The van der Waals surface area contributed by atoms with Crippen molar-refractivity contribution in [1.29, 1.82) is 0 Å². The number of amides is 1. The maximum atomic E-state index is 11.9. The van der Waals surface area contributed by atoms with Gasteiger partial charge < -0.3 is 10.2 Å². The van der Waals surface area contributed by atoms with Crippen LogP contribution in [-0.4, -0.2) is 40.3 Å². The summed E-state index contributed by atoms with van der Waals surface area (Å²) in [6.45, 7) is 1.96. The maximum Gasteiger partial charge on any atom is 0.254 e. The summed E-state index contributed by atoms with van der Waals surface area (Å²) in [5.74, 6) is -0.591. The van der Waals surface area contributed by atoms with Crippen LogP contribution in [0.15, 0.2) is 34.7 Å². The van der Waals surface area contributed by atoms with Gasteiger partial charge in [-0.2, -0.15) is 5.10 Å². The topological polar surface area (TPSA) is 85.2 Å². The summed E-state index contributed by atoms with van der Waals surface area (Å²) >= 11 is 1.77. The van der Waals surface area contributed by atoms with Crippen molar-refractivity contribution < 1.29 is 15.0 Å². The number of carbonyl (C=O) groups is 1. The molecule has 3 rings (SSSR count). The van der Waals surface area contributed by atoms with Gasteiger partial charge in [-0.05, 0) is 47.2 Å². The summed E-state index contributed by atoms with van der Waals surface area (Å²) in [6.07, 6.45) is 2.40. The summed E-state index contributed by atoms with van der Waals surface area (Å²) in [4.78, 5) is 15.4. The second-order valence-electron chi connectivity index (χ2n) is 5.37. The Morgan fingerprint density at radius 2 is 2.22 bits per heavy atom. The van der Waals surface area contributed by atoms with Crippen LogP contribution in [0.2, 0.25) is 0 Å². The number of hydrazone groups is 1. The number of nitrogens with one attached hydrogen (secondary N) is 1. The number of rotatable bonds is 4. The third kappa shape index (κ3) is 3.88. The molecule has 1 aromatic carbocycles. The number of phenolic OH excluding ortho intramolecular Hbond substituents is 2. The molecular formula is C16H17N3O3S. The highest BCUT2D eigenvalue weighted by molar-refractivity contribution is 7.10. The monoisotopic (exact) mass is 331 g/mol. The van der Waals surface area contributed by atoms with Gasteiger partial charge in [0, 0.05) is 18.0 Å². The van der Waals surface area contributed by atoms with E-state index in [9.17, 15) is 15.0 Å². The van der Waals surface area contributed by atoms with Crippen LogP contribution in [0.5, 0.6) is 11.5 Å². The number of nitrogens with zero attached hydrogens (tertiary/aromatic N) is 2. The zero-order valence-corrected chi connectivity index (χ0v) is 13.2. The summed E-state index contributed by atoms with van der Waals surface area (Å²) < 4.78 is 0. The zero-order valence-electron chi connectivity index (χ0n) is 12.4. The number of aromatic hydroxyl groups is 2. The highest BCUT2D eigenvalue weighted by Gasteiger charge is 2.18. The van der Waals surface area contributed by atoms with E-state index >= 15 is 0 Å². The van der Waals surface area contributed by atoms with E-state index in [4.69, 9.17) is 0 Å². The number of carbonyl (C=O) groups excluding carboxylic acids is 1. The van der Waals surface area contributed by atoms with Gasteiger partial charge in [-0.15, -0.1) is 11.3 Å². The average molecular weight is 331 g/mol. The number of benzene rings is 1. The molecule has 0 saturated carbocycles. The van der Waals surface area contributed by atoms with Crippen molar-refractivity contribution in [3.8, 4) is 11.5 Å². The predicted octanol–water partition coefficient (Wildman–Crippen LogP) is 1.67. The van der Waals surface area contributed by atoms with Crippen molar-refractivity contribution in [3.05, 3.63) is 45.6 Å². The molecule has 6 nitrogen and oxygen atoms in total. The lowest BCUT2D eigenvalue weighted by Gasteiger charge is -2.25. The first kappa shape index (κ1) is 15.5. The van der Waals surface area contributed by atoms with E-state index in [1.165, 1.54) is 28.8 Å². The molecule has 0 radical (unpaired) electrons. The predicted molar refractivity (Wildman–Crippen MR) is 88.8 cm³/mol. The standard InChI is InChI=1S/C16H17N3O3S/c20-13-2-1-11(7-14(13)21)8-17-18-16(22)10-19-5-3-15-12(9-19)4-6-23-15/h1-2,4,6-8,20-21H,3,5,9-10H2,(H,18,22)/b17-8+. The largest absolute Gasteiger partial charge is 0.504 e. The third-order valence-electron chi connectivity index (χ3n) is 3.66. The van der Waals surface area contributed by atoms with Crippen molar-refractivity contribution in [2.45, 2.75) is 13.0 Å². The van der Waals surface area contributed by atoms with Crippen molar-refractivity contribution in [3.63, 3.8) is 0 Å². The van der Waals surface area contributed by atoms with Crippen molar-refractivity contribution >= 4 is 23.5 Å². The van der Waals surface area contributed by atoms with Gasteiger partial charge in [-0.3, -0.25) is 9.69 Å². The Bertz CT molecular complexity index is 742. The number of hydrogen-bond donors (Lipinski definition) is 3. The highest BCUT2D eigenvalue weighted by atomic mass is 32.1. The van der Waals surface area contributed by atoms with E-state index in [0.29, 0.717) is 12.1 Å². The molecule has 2 heterocycles. The van der Waals surface area contributed by atoms with Crippen molar-refractivity contribution in [2.75, 3.05) is 13.1 Å². The molecule has 3 N–H and O–H groups in total. The molecule has 1 aromatic heterocycles. The Morgan fingerprint density at radius 3 is 3.04 bits per heavy atom. The van der Waals surface area contributed by atoms with Crippen molar-refractivity contribution in [2.24, 2.45) is 5.10 Å². The molecule has 0 bridgehead atoms. The van der Waals surface area contributed by atoms with Crippen LogP contribution in [0, 0.1) is 0 Å². The fourth-order valence-corrected chi connectivity index (χ4v) is 3.37. The van der Waals surface area contributed by atoms with Crippen molar-refractivity contribution in [1.82, 2.24) is 10.3 Å². The van der Waals surface area contributed by atoms with Crippen LogP contribution in [-0.2, 0) is 17.8 Å². The lowest BCUT2D eigenvalue weighted by Crippen LogP contribution is -2.38. The molecule has 120 valence electrons. The minimum atomic E-state index is -0.222. The van der Waals surface area contributed by atoms with Gasteiger partial charge in [-0.25, -0.2) is 5.43 Å². The van der Waals surface area contributed by atoms with E-state index in [2.05, 4.69) is 26.9 Å². The molecule has 1 aliphatic heterocycles. The molecule has 1 aliphatic rings. The number of hydrogen-bond acceptors (Lipinski definition) is 6. The van der Waals surface area contributed by atoms with Crippen LogP contribution in [0.4, 0.5) is 0 Å². The summed E-state index contributed by atoms with van der Waals surface area (Å²) in [7, 11) is 0. The molecule has 0 aliphatic carbocycles. The number of thiophene rings is 1. The van der Waals surface area contributed by atoms with Crippen LogP contribution in [0.3, 0.4) is 0 Å². The molecule has 0 unspecified atom stereocenters. The lowest BCUT2D eigenvalue weighted by molar-refractivity contribution is -0.122. The first-order valence-electron chi connectivity index (χ1n) is 7.23. The normalized spacial score (nSPS) is 14.8. The minimum absolute atomic E-state index is 0.178. The van der Waals surface area contributed by atoms with E-state index in [0.717, 1.165) is 19.5 Å². The fourth-order valence-electron chi connectivity index (χ4n) is 2.48. The van der Waals surface area contributed by atoms with Gasteiger partial charge >= 0.3 is 0 Å². The maximum absolute atomic E-state index is 11.9. The molecule has 0 spiro atoms. The number of phenols is 2. The van der Waals surface area contributed by atoms with Crippen LogP contribution < -0.4 is 5.43 Å². The molecule has 7 heteroatoms. The lowest BCUT2D eigenvalue weighted by atomic mass is 10.1. The smallest absolute Gasteiger partial charge is 0.254 e. The molecule has 2 aromatic rings. The van der Waals surface area contributed by atoms with E-state index in [1.807, 2.05) is 0 Å². The molecule has 23 heavy (non-hydrogen) atoms. The Morgan fingerprint density at radius 1 is 1.35 bits per heavy atom. The molecule has 0 saturated heterocycles. The van der Waals surface area contributed by atoms with Gasteiger partial charge in [0.25, 0.3) is 5.91 Å². The summed E-state index contributed by atoms with van der Waals surface area (Å²) in [6, 6.07) is 6.44. The Hall–Kier alpha value is -2.38. The highest BCUT2D eigenvalue weighted by Crippen LogP contribution is 2.24. The average Bonchev–Trinajstić information content (AvgIpc) is 2.98. The Balaban J connectivity index is 1.50. The second kappa shape index (κ2) is 6.80. The van der Waals surface area contributed by atoms with E-state index in [-0.39, 0.29) is 17.4 Å². The Labute approximate surface area is 137 Å². The fraction of sp³-hybridized carbons (Fsp3) is 0.250. The molecule has 0 atom stereocenters. The summed E-state index contributed by atoms with van der Waals surface area (Å²) in [5.41, 5.74) is 4.37. The minimum Gasteiger partial charge on any atom is -0.504 e. The van der Waals surface area contributed by atoms with E-state index < -0.39 is 0 Å². The zero-order chi connectivity index (χ0) is 16.2. The molecule has 1 amide bonds. The quantitative estimate of drug-likeness (QED) is 0.452. The van der Waals surface area contributed by atoms with Crippen LogP contribution >= 0.6 is 11.3 Å². The second-order valence-corrected chi connectivity index (χ2v) is 6.37. The number of fused-ring (bicyclic) bond motifs is 1. The van der Waals surface area contributed by atoms with Gasteiger partial charge in [-0.1, -0.05) is 0 Å².